The van der Waals surface area contributed by atoms with Crippen molar-refractivity contribution >= 4 is 11.0 Å². The SMILES string of the molecule is CCNCCC(C)c1noc2c(OC)c(F)ccc12. The fourth-order valence-electron chi connectivity index (χ4n) is 2.15. The van der Waals surface area contributed by atoms with Gasteiger partial charge in [-0.15, -0.1) is 0 Å². The summed E-state index contributed by atoms with van der Waals surface area (Å²) in [6, 6.07) is 3.08. The minimum absolute atomic E-state index is 0.120. The number of ether oxygens (including phenoxy) is 1. The normalized spacial score (nSPS) is 12.8. The second-order valence-electron chi connectivity index (χ2n) is 4.57. The van der Waals surface area contributed by atoms with E-state index in [4.69, 9.17) is 9.26 Å². The zero-order valence-electron chi connectivity index (χ0n) is 11.5. The number of halogens is 1. The molecule has 0 saturated carbocycles. The molecule has 1 heterocycles. The molecule has 19 heavy (non-hydrogen) atoms. The second-order valence-corrected chi connectivity index (χ2v) is 4.57. The number of fused-ring (bicyclic) bond motifs is 1. The maximum absolute atomic E-state index is 13.6. The largest absolute Gasteiger partial charge is 0.490 e. The first-order valence-electron chi connectivity index (χ1n) is 6.51. The number of methoxy groups -OCH3 is 1. The van der Waals surface area contributed by atoms with E-state index in [9.17, 15) is 4.39 Å². The molecule has 0 radical (unpaired) electrons. The Kier molecular flexibility index (Phi) is 4.37. The first-order chi connectivity index (χ1) is 9.19. The lowest BCUT2D eigenvalue weighted by Gasteiger charge is -2.08. The van der Waals surface area contributed by atoms with Crippen molar-refractivity contribution in [1.82, 2.24) is 10.5 Å². The van der Waals surface area contributed by atoms with E-state index in [1.54, 1.807) is 6.07 Å². The van der Waals surface area contributed by atoms with E-state index in [1.807, 2.05) is 0 Å². The number of hydrogen-bond acceptors (Lipinski definition) is 4. The van der Waals surface area contributed by atoms with E-state index < -0.39 is 5.82 Å². The van der Waals surface area contributed by atoms with Crippen LogP contribution in [-0.4, -0.2) is 25.4 Å². The molecular formula is C14H19FN2O2. The molecule has 0 saturated heterocycles. The first kappa shape index (κ1) is 13.8. The highest BCUT2D eigenvalue weighted by Gasteiger charge is 2.19. The monoisotopic (exact) mass is 266 g/mol. The van der Waals surface area contributed by atoms with Gasteiger partial charge in [0.2, 0.25) is 11.3 Å². The van der Waals surface area contributed by atoms with Crippen LogP contribution in [0, 0.1) is 5.82 Å². The second kappa shape index (κ2) is 6.02. The highest BCUT2D eigenvalue weighted by molar-refractivity contribution is 5.85. The van der Waals surface area contributed by atoms with Crippen molar-refractivity contribution in [2.24, 2.45) is 0 Å². The van der Waals surface area contributed by atoms with Crippen LogP contribution in [0.4, 0.5) is 4.39 Å². The molecule has 0 bridgehead atoms. The number of aromatic nitrogens is 1. The summed E-state index contributed by atoms with van der Waals surface area (Å²) < 4.78 is 23.8. The van der Waals surface area contributed by atoms with E-state index in [0.717, 1.165) is 30.6 Å². The summed E-state index contributed by atoms with van der Waals surface area (Å²) >= 11 is 0. The molecule has 2 aromatic rings. The quantitative estimate of drug-likeness (QED) is 0.816. The van der Waals surface area contributed by atoms with Crippen LogP contribution in [0.25, 0.3) is 11.0 Å². The number of nitrogens with one attached hydrogen (secondary N) is 1. The number of benzene rings is 1. The van der Waals surface area contributed by atoms with Crippen LogP contribution in [0.1, 0.15) is 31.9 Å². The third kappa shape index (κ3) is 2.71. The maximum Gasteiger partial charge on any atom is 0.211 e. The van der Waals surface area contributed by atoms with Gasteiger partial charge in [-0.2, -0.15) is 0 Å². The minimum atomic E-state index is -0.432. The van der Waals surface area contributed by atoms with Gasteiger partial charge in [0.25, 0.3) is 0 Å². The highest BCUT2D eigenvalue weighted by Crippen LogP contribution is 2.34. The van der Waals surface area contributed by atoms with Crippen molar-refractivity contribution in [2.75, 3.05) is 20.2 Å². The Hall–Kier alpha value is -1.62. The Labute approximate surface area is 111 Å². The summed E-state index contributed by atoms with van der Waals surface area (Å²) in [5.41, 5.74) is 1.24. The van der Waals surface area contributed by atoms with Crippen molar-refractivity contribution < 1.29 is 13.7 Å². The van der Waals surface area contributed by atoms with Gasteiger partial charge in [0.1, 0.15) is 0 Å². The number of hydrogen-bond donors (Lipinski definition) is 1. The molecule has 2 rings (SSSR count). The third-order valence-corrected chi connectivity index (χ3v) is 3.25. The molecule has 1 aromatic heterocycles. The summed E-state index contributed by atoms with van der Waals surface area (Å²) in [7, 11) is 1.43. The van der Waals surface area contributed by atoms with Gasteiger partial charge in [-0.25, -0.2) is 4.39 Å². The van der Waals surface area contributed by atoms with Gasteiger partial charge in [-0.1, -0.05) is 19.0 Å². The van der Waals surface area contributed by atoms with Crippen LogP contribution in [0.3, 0.4) is 0 Å². The van der Waals surface area contributed by atoms with Crippen LogP contribution in [0.2, 0.25) is 0 Å². The predicted octanol–water partition coefficient (Wildman–Crippen LogP) is 3.08. The Morgan fingerprint density at radius 2 is 2.26 bits per heavy atom. The molecular weight excluding hydrogens is 247 g/mol. The molecule has 0 aliphatic rings. The van der Waals surface area contributed by atoms with E-state index in [-0.39, 0.29) is 11.7 Å². The topological polar surface area (TPSA) is 47.3 Å². The molecule has 5 heteroatoms. The van der Waals surface area contributed by atoms with Crippen LogP contribution in [-0.2, 0) is 0 Å². The van der Waals surface area contributed by atoms with Crippen LogP contribution in [0.5, 0.6) is 5.75 Å². The average Bonchev–Trinajstić information content (AvgIpc) is 2.82. The zero-order valence-corrected chi connectivity index (χ0v) is 11.5. The lowest BCUT2D eigenvalue weighted by Crippen LogP contribution is -2.16. The van der Waals surface area contributed by atoms with Crippen LogP contribution < -0.4 is 10.1 Å². The van der Waals surface area contributed by atoms with Crippen molar-refractivity contribution in [1.29, 1.82) is 0 Å². The molecule has 0 aliphatic heterocycles. The molecule has 0 amide bonds. The van der Waals surface area contributed by atoms with Gasteiger partial charge in [-0.05, 0) is 31.6 Å². The zero-order chi connectivity index (χ0) is 13.8. The predicted molar refractivity (Wildman–Crippen MR) is 72.1 cm³/mol. The Morgan fingerprint density at radius 1 is 1.47 bits per heavy atom. The van der Waals surface area contributed by atoms with Gasteiger partial charge in [0.05, 0.1) is 12.8 Å². The summed E-state index contributed by atoms with van der Waals surface area (Å²) in [5, 5.41) is 8.17. The van der Waals surface area contributed by atoms with E-state index in [2.05, 4.69) is 24.3 Å². The van der Waals surface area contributed by atoms with E-state index in [1.165, 1.54) is 13.2 Å². The summed E-state index contributed by atoms with van der Waals surface area (Å²) in [5.74, 6) is -0.0661. The molecule has 1 N–H and O–H groups in total. The van der Waals surface area contributed by atoms with Crippen molar-refractivity contribution in [3.05, 3.63) is 23.6 Å². The molecule has 0 spiro atoms. The van der Waals surface area contributed by atoms with Crippen molar-refractivity contribution in [3.63, 3.8) is 0 Å². The van der Waals surface area contributed by atoms with E-state index in [0.29, 0.717) is 5.58 Å². The number of rotatable bonds is 6. The number of nitrogens with zero attached hydrogens (tertiary/aromatic N) is 1. The smallest absolute Gasteiger partial charge is 0.211 e. The third-order valence-electron chi connectivity index (χ3n) is 3.25. The molecule has 0 fully saturated rings. The van der Waals surface area contributed by atoms with Crippen LogP contribution >= 0.6 is 0 Å². The first-order valence-corrected chi connectivity index (χ1v) is 6.51. The highest BCUT2D eigenvalue weighted by atomic mass is 19.1. The van der Waals surface area contributed by atoms with Gasteiger partial charge >= 0.3 is 0 Å². The van der Waals surface area contributed by atoms with Crippen LogP contribution in [0.15, 0.2) is 16.7 Å². The summed E-state index contributed by atoms with van der Waals surface area (Å²) in [6.07, 6.45) is 0.954. The fourth-order valence-corrected chi connectivity index (χ4v) is 2.15. The summed E-state index contributed by atoms with van der Waals surface area (Å²) in [6.45, 7) is 6.03. The van der Waals surface area contributed by atoms with E-state index >= 15 is 0 Å². The Bertz CT molecular complexity index is 554. The Balaban J connectivity index is 2.30. The molecule has 1 aromatic carbocycles. The van der Waals surface area contributed by atoms with Crippen molar-refractivity contribution in [3.8, 4) is 5.75 Å². The lowest BCUT2D eigenvalue weighted by atomic mass is 10.0. The average molecular weight is 266 g/mol. The summed E-state index contributed by atoms with van der Waals surface area (Å²) in [4.78, 5) is 0. The molecule has 104 valence electrons. The fraction of sp³-hybridized carbons (Fsp3) is 0.500. The standard InChI is InChI=1S/C14H19FN2O2/c1-4-16-8-7-9(2)12-10-5-6-11(15)14(18-3)13(10)19-17-12/h5-6,9,16H,4,7-8H2,1-3H3. The van der Waals surface area contributed by atoms with Gasteiger partial charge in [0, 0.05) is 11.3 Å². The maximum atomic E-state index is 13.6. The van der Waals surface area contributed by atoms with Gasteiger partial charge in [0.15, 0.2) is 5.82 Å². The molecule has 0 aliphatic carbocycles. The Morgan fingerprint density at radius 3 is 2.95 bits per heavy atom. The lowest BCUT2D eigenvalue weighted by molar-refractivity contribution is 0.368. The molecule has 1 unspecified atom stereocenters. The minimum Gasteiger partial charge on any atom is -0.490 e. The molecule has 1 atom stereocenters. The van der Waals surface area contributed by atoms with Crippen molar-refractivity contribution in [2.45, 2.75) is 26.2 Å². The van der Waals surface area contributed by atoms with Gasteiger partial charge < -0.3 is 14.6 Å². The molecule has 4 nitrogen and oxygen atoms in total. The van der Waals surface area contributed by atoms with Gasteiger partial charge in [-0.3, -0.25) is 0 Å².